The molecule has 0 radical (unpaired) electrons. The van der Waals surface area contributed by atoms with Gasteiger partial charge in [0.15, 0.2) is 0 Å². The molecule has 1 rings (SSSR count). The van der Waals surface area contributed by atoms with Crippen molar-refractivity contribution in [3.8, 4) is 0 Å². The number of rotatable bonds is 5. The van der Waals surface area contributed by atoms with Crippen molar-refractivity contribution in [2.24, 2.45) is 23.5 Å². The summed E-state index contributed by atoms with van der Waals surface area (Å²) in [5.74, 6) is -3.79. The predicted molar refractivity (Wildman–Crippen MR) is 45.4 cm³/mol. The van der Waals surface area contributed by atoms with Gasteiger partial charge in [0.25, 0.3) is 0 Å². The summed E-state index contributed by atoms with van der Waals surface area (Å²) < 4.78 is 0. The number of nitrogens with two attached hydrogens (primary N) is 1. The van der Waals surface area contributed by atoms with Crippen LogP contribution >= 0.6 is 0 Å². The zero-order valence-electron chi connectivity index (χ0n) is 7.46. The minimum absolute atomic E-state index is 0.142. The Labute approximate surface area is 80.3 Å². The average Bonchev–Trinajstić information content (AvgIpc) is 2.78. The molecule has 0 saturated heterocycles. The zero-order chi connectivity index (χ0) is 10.9. The number of carboxylic acid groups (broad SMARTS) is 2. The summed E-state index contributed by atoms with van der Waals surface area (Å²) in [6.07, 6.45) is 0.294. The normalized spacial score (nSPS) is 32.3. The summed E-state index contributed by atoms with van der Waals surface area (Å²) in [5, 5.41) is 26.0. The number of carbonyl (C=O) groups is 2. The fourth-order valence-electron chi connectivity index (χ4n) is 1.92. The van der Waals surface area contributed by atoms with E-state index < -0.39 is 29.8 Å². The van der Waals surface area contributed by atoms with Crippen LogP contribution in [0.3, 0.4) is 0 Å². The van der Waals surface area contributed by atoms with Crippen LogP contribution in [0.2, 0.25) is 0 Å². The first-order valence-corrected chi connectivity index (χ1v) is 4.32. The van der Waals surface area contributed by atoms with Gasteiger partial charge in [0, 0.05) is 12.5 Å². The van der Waals surface area contributed by atoms with Crippen LogP contribution in [0.15, 0.2) is 0 Å². The lowest BCUT2D eigenvalue weighted by Gasteiger charge is -2.03. The summed E-state index contributed by atoms with van der Waals surface area (Å²) >= 11 is 0. The maximum absolute atomic E-state index is 10.7. The Hall–Kier alpha value is -1.14. The summed E-state index contributed by atoms with van der Waals surface area (Å²) in [6, 6.07) is -1.15. The van der Waals surface area contributed by atoms with Crippen LogP contribution in [0.25, 0.3) is 0 Å². The summed E-state index contributed by atoms with van der Waals surface area (Å²) in [5.41, 5.74) is 5.33. The van der Waals surface area contributed by atoms with Crippen molar-refractivity contribution >= 4 is 11.9 Å². The average molecular weight is 203 g/mol. The van der Waals surface area contributed by atoms with Gasteiger partial charge in [-0.15, -0.1) is 0 Å². The van der Waals surface area contributed by atoms with Crippen molar-refractivity contribution in [3.05, 3.63) is 0 Å². The van der Waals surface area contributed by atoms with E-state index in [1.54, 1.807) is 0 Å². The van der Waals surface area contributed by atoms with Crippen molar-refractivity contribution in [2.75, 3.05) is 6.61 Å². The number of aliphatic carboxylic acids is 2. The van der Waals surface area contributed by atoms with Gasteiger partial charge in [-0.2, -0.15) is 0 Å². The molecule has 4 atom stereocenters. The first kappa shape index (κ1) is 10.9. The Balaban J connectivity index is 2.62. The first-order valence-electron chi connectivity index (χ1n) is 4.32. The summed E-state index contributed by atoms with van der Waals surface area (Å²) in [7, 11) is 0. The van der Waals surface area contributed by atoms with Crippen molar-refractivity contribution in [2.45, 2.75) is 12.5 Å². The summed E-state index contributed by atoms with van der Waals surface area (Å²) in [4.78, 5) is 21.2. The van der Waals surface area contributed by atoms with Gasteiger partial charge >= 0.3 is 11.9 Å². The van der Waals surface area contributed by atoms with E-state index in [2.05, 4.69) is 0 Å². The van der Waals surface area contributed by atoms with Crippen molar-refractivity contribution in [3.63, 3.8) is 0 Å². The maximum Gasteiger partial charge on any atom is 0.320 e. The Morgan fingerprint density at radius 2 is 1.93 bits per heavy atom. The van der Waals surface area contributed by atoms with Gasteiger partial charge in [0.1, 0.15) is 6.04 Å². The topological polar surface area (TPSA) is 121 Å². The molecular formula is C8H13NO5. The molecule has 0 aromatic rings. The molecule has 5 N–H and O–H groups in total. The number of hydrogen-bond acceptors (Lipinski definition) is 4. The molecule has 0 bridgehead atoms. The van der Waals surface area contributed by atoms with Crippen LogP contribution in [0, 0.1) is 17.8 Å². The molecule has 0 aromatic heterocycles. The molecule has 80 valence electrons. The van der Waals surface area contributed by atoms with Gasteiger partial charge in [0.05, 0.1) is 5.92 Å². The highest BCUT2D eigenvalue weighted by Crippen LogP contribution is 2.50. The van der Waals surface area contributed by atoms with Gasteiger partial charge in [-0.25, -0.2) is 0 Å². The second-order valence-corrected chi connectivity index (χ2v) is 3.48. The molecule has 0 aromatic carbocycles. The third-order valence-corrected chi connectivity index (χ3v) is 2.68. The van der Waals surface area contributed by atoms with E-state index in [-0.39, 0.29) is 12.5 Å². The molecule has 1 saturated carbocycles. The van der Waals surface area contributed by atoms with Crippen molar-refractivity contribution in [1.29, 1.82) is 0 Å². The Morgan fingerprint density at radius 1 is 1.36 bits per heavy atom. The first-order chi connectivity index (χ1) is 6.50. The fourth-order valence-corrected chi connectivity index (χ4v) is 1.92. The van der Waals surface area contributed by atoms with E-state index in [4.69, 9.17) is 21.1 Å². The number of aliphatic hydroxyl groups excluding tert-OH is 1. The largest absolute Gasteiger partial charge is 0.481 e. The smallest absolute Gasteiger partial charge is 0.320 e. The van der Waals surface area contributed by atoms with Crippen LogP contribution < -0.4 is 5.73 Å². The zero-order valence-corrected chi connectivity index (χ0v) is 7.46. The van der Waals surface area contributed by atoms with E-state index in [1.807, 2.05) is 0 Å². The van der Waals surface area contributed by atoms with E-state index >= 15 is 0 Å². The van der Waals surface area contributed by atoms with Crippen LogP contribution in [0.5, 0.6) is 0 Å². The fraction of sp³-hybridized carbons (Fsp3) is 0.750. The molecule has 0 amide bonds. The molecule has 1 aliphatic rings. The molecule has 1 fully saturated rings. The standard InChI is InChI=1S/C8H13NO5/c9-6(8(13)14)4-3(1-2-10)5(4)7(11)12/h3-6,10H,1-2,9H2,(H,11,12)(H,13,14). The third kappa shape index (κ3) is 1.85. The lowest BCUT2D eigenvalue weighted by molar-refractivity contribution is -0.140. The minimum Gasteiger partial charge on any atom is -0.481 e. The number of aliphatic hydroxyl groups is 1. The minimum atomic E-state index is -1.19. The van der Waals surface area contributed by atoms with Gasteiger partial charge < -0.3 is 21.1 Å². The summed E-state index contributed by atoms with van der Waals surface area (Å²) in [6.45, 7) is -0.142. The Kier molecular flexibility index (Phi) is 3.07. The second kappa shape index (κ2) is 3.93. The Bertz CT molecular complexity index is 254. The lowest BCUT2D eigenvalue weighted by atomic mass is 10.1. The molecule has 6 nitrogen and oxygen atoms in total. The molecule has 0 aliphatic heterocycles. The van der Waals surface area contributed by atoms with Gasteiger partial charge in [-0.3, -0.25) is 9.59 Å². The van der Waals surface area contributed by atoms with Crippen LogP contribution in [0.1, 0.15) is 6.42 Å². The highest BCUT2D eigenvalue weighted by molar-refractivity contribution is 5.80. The highest BCUT2D eigenvalue weighted by atomic mass is 16.4. The molecule has 0 spiro atoms. The Morgan fingerprint density at radius 3 is 2.29 bits per heavy atom. The maximum atomic E-state index is 10.7. The molecule has 4 unspecified atom stereocenters. The molecule has 6 heteroatoms. The van der Waals surface area contributed by atoms with Gasteiger partial charge in [-0.05, 0) is 12.3 Å². The van der Waals surface area contributed by atoms with Crippen LogP contribution in [-0.2, 0) is 9.59 Å². The van der Waals surface area contributed by atoms with Crippen molar-refractivity contribution in [1.82, 2.24) is 0 Å². The number of hydrogen-bond donors (Lipinski definition) is 4. The molecular weight excluding hydrogens is 190 g/mol. The molecule has 1 aliphatic carbocycles. The SMILES string of the molecule is NC(C(=O)O)C1C(CCO)C1C(=O)O. The monoisotopic (exact) mass is 203 g/mol. The van der Waals surface area contributed by atoms with E-state index in [0.717, 1.165) is 0 Å². The second-order valence-electron chi connectivity index (χ2n) is 3.48. The molecule has 14 heavy (non-hydrogen) atoms. The van der Waals surface area contributed by atoms with Gasteiger partial charge in [-0.1, -0.05) is 0 Å². The molecule has 0 heterocycles. The quantitative estimate of drug-likeness (QED) is 0.442. The van der Waals surface area contributed by atoms with E-state index in [0.29, 0.717) is 6.42 Å². The predicted octanol–water partition coefficient (Wildman–Crippen LogP) is -1.27. The van der Waals surface area contributed by atoms with Crippen molar-refractivity contribution < 1.29 is 24.9 Å². The van der Waals surface area contributed by atoms with Gasteiger partial charge in [0.2, 0.25) is 0 Å². The third-order valence-electron chi connectivity index (χ3n) is 2.68. The van der Waals surface area contributed by atoms with E-state index in [9.17, 15) is 9.59 Å². The van der Waals surface area contributed by atoms with Crippen LogP contribution in [-0.4, -0.2) is 39.9 Å². The van der Waals surface area contributed by atoms with E-state index in [1.165, 1.54) is 0 Å². The van der Waals surface area contributed by atoms with Crippen LogP contribution in [0.4, 0.5) is 0 Å². The lowest BCUT2D eigenvalue weighted by Crippen LogP contribution is -2.34. The highest BCUT2D eigenvalue weighted by Gasteiger charge is 2.58. The number of carboxylic acids is 2.